The molecule has 26 heavy (non-hydrogen) atoms. The highest BCUT2D eigenvalue weighted by molar-refractivity contribution is 5.93. The van der Waals surface area contributed by atoms with Crippen molar-refractivity contribution in [1.82, 2.24) is 9.88 Å². The number of amides is 1. The summed E-state index contributed by atoms with van der Waals surface area (Å²) in [5.41, 5.74) is 4.64. The minimum Gasteiger partial charge on any atom is -0.494 e. The molecular weight excluding hydrogens is 324 g/mol. The Morgan fingerprint density at radius 3 is 2.81 bits per heavy atom. The lowest BCUT2D eigenvalue weighted by Crippen LogP contribution is -2.34. The largest absolute Gasteiger partial charge is 0.494 e. The predicted molar refractivity (Wildman–Crippen MR) is 104 cm³/mol. The number of fused-ring (bicyclic) bond motifs is 3. The molecule has 0 spiro atoms. The number of hydrogen-bond donors (Lipinski definition) is 1. The third-order valence-electron chi connectivity index (χ3n) is 4.80. The van der Waals surface area contributed by atoms with Crippen molar-refractivity contribution in [2.45, 2.75) is 19.9 Å². The first-order valence-electron chi connectivity index (χ1n) is 9.03. The van der Waals surface area contributed by atoms with Crippen LogP contribution >= 0.6 is 0 Å². The third kappa shape index (κ3) is 3.23. The van der Waals surface area contributed by atoms with Crippen LogP contribution in [-0.2, 0) is 17.8 Å². The van der Waals surface area contributed by atoms with Crippen molar-refractivity contribution in [2.24, 2.45) is 0 Å². The van der Waals surface area contributed by atoms with Gasteiger partial charge in [-0.2, -0.15) is 0 Å². The lowest BCUT2D eigenvalue weighted by atomic mass is 10.0. The molecule has 0 saturated heterocycles. The molecule has 3 aromatic rings. The molecule has 4 heteroatoms. The summed E-state index contributed by atoms with van der Waals surface area (Å²) in [4.78, 5) is 18.0. The summed E-state index contributed by atoms with van der Waals surface area (Å²) < 4.78 is 5.44. The summed E-state index contributed by atoms with van der Waals surface area (Å²) in [6, 6.07) is 16.1. The van der Waals surface area contributed by atoms with Gasteiger partial charge in [-0.05, 0) is 36.8 Å². The number of nitrogens with zero attached hydrogens (tertiary/aromatic N) is 1. The molecular formula is C22H22N2O2. The Morgan fingerprint density at radius 1 is 1.19 bits per heavy atom. The van der Waals surface area contributed by atoms with Gasteiger partial charge >= 0.3 is 0 Å². The molecule has 0 fully saturated rings. The molecule has 4 rings (SSSR count). The summed E-state index contributed by atoms with van der Waals surface area (Å²) in [6.45, 7) is 4.01. The molecule has 4 nitrogen and oxygen atoms in total. The minimum absolute atomic E-state index is 0.0508. The second kappa shape index (κ2) is 7.08. The van der Waals surface area contributed by atoms with Crippen LogP contribution in [0, 0.1) is 0 Å². The van der Waals surface area contributed by atoms with E-state index < -0.39 is 0 Å². The molecule has 1 aliphatic rings. The smallest absolute Gasteiger partial charge is 0.246 e. The van der Waals surface area contributed by atoms with E-state index in [1.54, 1.807) is 6.08 Å². The van der Waals surface area contributed by atoms with E-state index in [0.29, 0.717) is 13.2 Å². The monoisotopic (exact) mass is 346 g/mol. The number of benzene rings is 2. The molecule has 0 unspecified atom stereocenters. The zero-order valence-electron chi connectivity index (χ0n) is 14.9. The highest BCUT2D eigenvalue weighted by Crippen LogP contribution is 2.27. The normalized spacial score (nSPS) is 14.0. The zero-order chi connectivity index (χ0) is 17.9. The van der Waals surface area contributed by atoms with E-state index >= 15 is 0 Å². The fourth-order valence-electron chi connectivity index (χ4n) is 3.47. The highest BCUT2D eigenvalue weighted by atomic mass is 16.5. The van der Waals surface area contributed by atoms with Crippen molar-refractivity contribution >= 4 is 22.9 Å². The Balaban J connectivity index is 1.47. The topological polar surface area (TPSA) is 45.3 Å². The van der Waals surface area contributed by atoms with E-state index in [0.717, 1.165) is 29.8 Å². The number of H-pyrrole nitrogens is 1. The van der Waals surface area contributed by atoms with E-state index in [9.17, 15) is 4.79 Å². The predicted octanol–water partition coefficient (Wildman–Crippen LogP) is 4.16. The van der Waals surface area contributed by atoms with E-state index in [2.05, 4.69) is 17.1 Å². The van der Waals surface area contributed by atoms with E-state index in [4.69, 9.17) is 4.74 Å². The summed E-state index contributed by atoms with van der Waals surface area (Å²) in [6.07, 6.45) is 4.39. The fourth-order valence-corrected chi connectivity index (χ4v) is 3.47. The maximum Gasteiger partial charge on any atom is 0.246 e. The number of aromatic amines is 1. The number of ether oxygens (including phenoxy) is 1. The van der Waals surface area contributed by atoms with Gasteiger partial charge in [0.25, 0.3) is 0 Å². The van der Waals surface area contributed by atoms with Crippen LogP contribution in [0.15, 0.2) is 54.6 Å². The van der Waals surface area contributed by atoms with Gasteiger partial charge in [0.1, 0.15) is 5.75 Å². The van der Waals surface area contributed by atoms with Crippen LogP contribution in [0.5, 0.6) is 5.75 Å². The molecule has 1 amide bonds. The van der Waals surface area contributed by atoms with Crippen LogP contribution in [-0.4, -0.2) is 28.9 Å². The number of hydrogen-bond acceptors (Lipinski definition) is 2. The lowest BCUT2D eigenvalue weighted by Gasteiger charge is -2.26. The first-order chi connectivity index (χ1) is 12.7. The Labute approximate surface area is 153 Å². The second-order valence-corrected chi connectivity index (χ2v) is 6.47. The maximum absolute atomic E-state index is 12.6. The van der Waals surface area contributed by atoms with Gasteiger partial charge in [0.05, 0.1) is 6.61 Å². The van der Waals surface area contributed by atoms with Crippen LogP contribution in [0.25, 0.3) is 17.0 Å². The van der Waals surface area contributed by atoms with Crippen molar-refractivity contribution in [3.05, 3.63) is 71.4 Å². The van der Waals surface area contributed by atoms with Crippen LogP contribution in [0.3, 0.4) is 0 Å². The molecule has 1 N–H and O–H groups in total. The molecule has 2 heterocycles. The molecule has 1 aliphatic heterocycles. The summed E-state index contributed by atoms with van der Waals surface area (Å²) in [5, 5.41) is 1.22. The van der Waals surface area contributed by atoms with Gasteiger partial charge in [-0.15, -0.1) is 0 Å². The van der Waals surface area contributed by atoms with Crippen molar-refractivity contribution in [1.29, 1.82) is 0 Å². The quantitative estimate of drug-likeness (QED) is 0.721. The van der Waals surface area contributed by atoms with Crippen molar-refractivity contribution in [3.63, 3.8) is 0 Å². The zero-order valence-corrected chi connectivity index (χ0v) is 14.9. The number of carbonyl (C=O) groups is 1. The molecule has 1 aromatic heterocycles. The Bertz CT molecular complexity index is 954. The molecule has 2 aromatic carbocycles. The van der Waals surface area contributed by atoms with Gasteiger partial charge in [0.2, 0.25) is 5.91 Å². The number of carbonyl (C=O) groups excluding carboxylic acids is 1. The average molecular weight is 346 g/mol. The molecule has 132 valence electrons. The molecule has 0 aliphatic carbocycles. The van der Waals surface area contributed by atoms with Gasteiger partial charge in [0, 0.05) is 47.7 Å². The standard InChI is InChI=1S/C22H22N2O2/c1-2-26-17-10-7-16(8-11-17)9-12-22(25)24-14-13-21-19(15-24)18-5-3-4-6-20(18)23-21/h3-12,23H,2,13-15H2,1H3. The average Bonchev–Trinajstić information content (AvgIpc) is 3.05. The SMILES string of the molecule is CCOc1ccc(C=CC(=O)N2CCc3[nH]c4ccccc4c3C2)cc1. The molecule has 0 saturated carbocycles. The van der Waals surface area contributed by atoms with Gasteiger partial charge in [0.15, 0.2) is 0 Å². The maximum atomic E-state index is 12.6. The Kier molecular flexibility index (Phi) is 4.48. The number of para-hydroxylation sites is 1. The fraction of sp³-hybridized carbons (Fsp3) is 0.227. The second-order valence-electron chi connectivity index (χ2n) is 6.47. The first-order valence-corrected chi connectivity index (χ1v) is 9.03. The van der Waals surface area contributed by atoms with Crippen LogP contribution < -0.4 is 4.74 Å². The number of aromatic nitrogens is 1. The van der Waals surface area contributed by atoms with Crippen molar-refractivity contribution in [3.8, 4) is 5.75 Å². The number of rotatable bonds is 4. The summed E-state index contributed by atoms with van der Waals surface area (Å²) in [5.74, 6) is 0.897. The van der Waals surface area contributed by atoms with Crippen LogP contribution in [0.1, 0.15) is 23.7 Å². The van der Waals surface area contributed by atoms with Gasteiger partial charge < -0.3 is 14.6 Å². The highest BCUT2D eigenvalue weighted by Gasteiger charge is 2.22. The lowest BCUT2D eigenvalue weighted by molar-refractivity contribution is -0.126. The molecule has 0 bridgehead atoms. The molecule has 0 atom stereocenters. The molecule has 0 radical (unpaired) electrons. The summed E-state index contributed by atoms with van der Waals surface area (Å²) in [7, 11) is 0. The Morgan fingerprint density at radius 2 is 2.00 bits per heavy atom. The van der Waals surface area contributed by atoms with Gasteiger partial charge in [-0.1, -0.05) is 30.3 Å². The summed E-state index contributed by atoms with van der Waals surface area (Å²) >= 11 is 0. The minimum atomic E-state index is 0.0508. The first kappa shape index (κ1) is 16.5. The van der Waals surface area contributed by atoms with E-state index in [1.807, 2.05) is 54.3 Å². The third-order valence-corrected chi connectivity index (χ3v) is 4.80. The van der Waals surface area contributed by atoms with Crippen LogP contribution in [0.4, 0.5) is 0 Å². The van der Waals surface area contributed by atoms with E-state index in [1.165, 1.54) is 16.6 Å². The van der Waals surface area contributed by atoms with Crippen LogP contribution in [0.2, 0.25) is 0 Å². The van der Waals surface area contributed by atoms with E-state index in [-0.39, 0.29) is 5.91 Å². The van der Waals surface area contributed by atoms with Crippen molar-refractivity contribution in [2.75, 3.05) is 13.2 Å². The van der Waals surface area contributed by atoms with Gasteiger partial charge in [-0.25, -0.2) is 0 Å². The Hall–Kier alpha value is -3.01. The number of nitrogens with one attached hydrogen (secondary N) is 1. The van der Waals surface area contributed by atoms with Crippen molar-refractivity contribution < 1.29 is 9.53 Å². The van der Waals surface area contributed by atoms with Gasteiger partial charge in [-0.3, -0.25) is 4.79 Å².